The van der Waals surface area contributed by atoms with Crippen LogP contribution >= 0.6 is 0 Å². The molecule has 4 aromatic rings. The lowest BCUT2D eigenvalue weighted by molar-refractivity contribution is -0.172. The highest BCUT2D eigenvalue weighted by Crippen LogP contribution is 2.38. The maximum atomic E-state index is 13.3. The number of rotatable bonds is 1. The van der Waals surface area contributed by atoms with Crippen molar-refractivity contribution < 1.29 is 14.6 Å². The summed E-state index contributed by atoms with van der Waals surface area (Å²) in [7, 11) is 0. The van der Waals surface area contributed by atoms with Gasteiger partial charge in [-0.1, -0.05) is 37.0 Å². The van der Waals surface area contributed by atoms with Crippen LogP contribution in [-0.2, 0) is 28.3 Å². The van der Waals surface area contributed by atoms with Gasteiger partial charge in [-0.2, -0.15) is 0 Å². The summed E-state index contributed by atoms with van der Waals surface area (Å²) in [6.07, 6.45) is 0.118. The monoisotopic (exact) mass is 448 g/mol. The van der Waals surface area contributed by atoms with Gasteiger partial charge in [0.25, 0.3) is 5.56 Å². The van der Waals surface area contributed by atoms with Crippen LogP contribution in [0.5, 0.6) is 0 Å². The summed E-state index contributed by atoms with van der Waals surface area (Å²) in [6.45, 7) is 1.93. The van der Waals surface area contributed by atoms with Gasteiger partial charge < -0.3 is 14.4 Å². The van der Waals surface area contributed by atoms with E-state index in [1.54, 1.807) is 17.6 Å². The number of fused-ring (bicyclic) bond motifs is 5. The number of hydrogen-bond donors (Lipinski definition) is 1. The summed E-state index contributed by atoms with van der Waals surface area (Å²) in [6, 6.07) is 19.4. The van der Waals surface area contributed by atoms with Crippen LogP contribution in [0.25, 0.3) is 22.3 Å². The first-order valence-electron chi connectivity index (χ1n) is 11.2. The summed E-state index contributed by atoms with van der Waals surface area (Å²) in [5, 5.41) is 11.9. The third-order valence-corrected chi connectivity index (χ3v) is 6.63. The molecule has 0 saturated carbocycles. The summed E-state index contributed by atoms with van der Waals surface area (Å²) in [5.74, 6) is 5.64. The van der Waals surface area contributed by atoms with Gasteiger partial charge in [0.05, 0.1) is 29.0 Å². The number of ether oxygens (including phenoxy) is 1. The average molecular weight is 448 g/mol. The van der Waals surface area contributed by atoms with E-state index in [9.17, 15) is 14.7 Å². The molecule has 2 aliphatic rings. The maximum Gasteiger partial charge on any atom is 0.343 e. The number of carbonyl (C=O) groups is 1. The van der Waals surface area contributed by atoms with Gasteiger partial charge in [-0.05, 0) is 48.9 Å². The van der Waals surface area contributed by atoms with Crippen molar-refractivity contribution in [2.75, 3.05) is 0 Å². The summed E-state index contributed by atoms with van der Waals surface area (Å²) < 4.78 is 6.77. The van der Waals surface area contributed by atoms with Crippen molar-refractivity contribution in [1.29, 1.82) is 0 Å². The highest BCUT2D eigenvalue weighted by atomic mass is 16.6. The van der Waals surface area contributed by atoms with Crippen molar-refractivity contribution in [3.63, 3.8) is 0 Å². The number of hydrogen-bond acceptors (Lipinski definition) is 5. The predicted octanol–water partition coefficient (Wildman–Crippen LogP) is 3.48. The van der Waals surface area contributed by atoms with Gasteiger partial charge in [0.1, 0.15) is 6.61 Å². The summed E-state index contributed by atoms with van der Waals surface area (Å²) >= 11 is 0. The Morgan fingerprint density at radius 2 is 1.85 bits per heavy atom. The smallest absolute Gasteiger partial charge is 0.343 e. The zero-order valence-electron chi connectivity index (χ0n) is 18.5. The number of pyridine rings is 2. The van der Waals surface area contributed by atoms with Crippen molar-refractivity contribution in [3.05, 3.63) is 98.8 Å². The molecule has 1 atom stereocenters. The molecule has 0 unspecified atom stereocenters. The second kappa shape index (κ2) is 7.41. The van der Waals surface area contributed by atoms with Crippen LogP contribution in [0.15, 0.2) is 65.5 Å². The Bertz CT molecular complexity index is 1630. The topological polar surface area (TPSA) is 81.4 Å². The minimum atomic E-state index is -1.83. The van der Waals surface area contributed by atoms with E-state index >= 15 is 0 Å². The Morgan fingerprint density at radius 1 is 1.06 bits per heavy atom. The highest BCUT2D eigenvalue weighted by Gasteiger charge is 2.45. The zero-order chi connectivity index (χ0) is 23.4. The summed E-state index contributed by atoms with van der Waals surface area (Å²) in [5.41, 5.74) is 3.38. The number of cyclic esters (lactones) is 1. The fourth-order valence-corrected chi connectivity index (χ4v) is 4.73. The zero-order valence-corrected chi connectivity index (χ0v) is 18.5. The third-order valence-electron chi connectivity index (χ3n) is 6.63. The van der Waals surface area contributed by atoms with Crippen molar-refractivity contribution in [1.82, 2.24) is 9.55 Å². The molecule has 0 aliphatic carbocycles. The van der Waals surface area contributed by atoms with E-state index in [0.717, 1.165) is 27.6 Å². The lowest BCUT2D eigenvalue weighted by atomic mass is 9.86. The maximum absolute atomic E-state index is 13.3. The van der Waals surface area contributed by atoms with E-state index < -0.39 is 11.6 Å². The number of nitrogens with zero attached hydrogens (tertiary/aromatic N) is 2. The molecule has 1 N–H and O–H groups in total. The molecule has 2 aromatic heterocycles. The van der Waals surface area contributed by atoms with Gasteiger partial charge in [0.2, 0.25) is 0 Å². The van der Waals surface area contributed by atoms with Gasteiger partial charge in [0.15, 0.2) is 5.60 Å². The predicted molar refractivity (Wildman–Crippen MR) is 127 cm³/mol. The molecular formula is C28H20N2O4. The number of esters is 1. The van der Waals surface area contributed by atoms with Gasteiger partial charge in [-0.3, -0.25) is 4.79 Å². The number of carbonyl (C=O) groups excluding carboxylic acids is 1. The van der Waals surface area contributed by atoms with Crippen molar-refractivity contribution in [2.45, 2.75) is 32.1 Å². The van der Waals surface area contributed by atoms with E-state index in [4.69, 9.17) is 9.72 Å². The van der Waals surface area contributed by atoms with Gasteiger partial charge in [-0.15, -0.1) is 0 Å². The Hall–Kier alpha value is -4.21. The molecule has 0 saturated heterocycles. The molecule has 34 heavy (non-hydrogen) atoms. The van der Waals surface area contributed by atoms with Gasteiger partial charge >= 0.3 is 5.97 Å². The van der Waals surface area contributed by atoms with Crippen LogP contribution < -0.4 is 5.56 Å². The fraction of sp³-hybridized carbons (Fsp3) is 0.179. The van der Waals surface area contributed by atoms with Crippen LogP contribution in [0.1, 0.15) is 41.2 Å². The molecule has 6 rings (SSSR count). The number of aliphatic hydroxyl groups is 1. The van der Waals surface area contributed by atoms with Crippen LogP contribution in [0.3, 0.4) is 0 Å². The van der Waals surface area contributed by atoms with E-state index in [0.29, 0.717) is 29.1 Å². The van der Waals surface area contributed by atoms with Crippen molar-refractivity contribution in [2.24, 2.45) is 0 Å². The van der Waals surface area contributed by atoms with Gasteiger partial charge in [0, 0.05) is 27.6 Å². The Kier molecular flexibility index (Phi) is 4.44. The second-order valence-corrected chi connectivity index (χ2v) is 8.62. The largest absolute Gasteiger partial charge is 0.458 e. The van der Waals surface area contributed by atoms with Crippen molar-refractivity contribution >= 4 is 16.9 Å². The summed E-state index contributed by atoms with van der Waals surface area (Å²) in [4.78, 5) is 30.4. The van der Waals surface area contributed by atoms with Crippen LogP contribution in [0.2, 0.25) is 0 Å². The van der Waals surface area contributed by atoms with Crippen LogP contribution in [0, 0.1) is 11.8 Å². The molecule has 0 amide bonds. The second-order valence-electron chi connectivity index (χ2n) is 8.62. The minimum absolute atomic E-state index is 0.118. The fourth-order valence-electron chi connectivity index (χ4n) is 4.73. The standard InChI is InChI=1S/C28H20N2O4/c1-2-28(33)22-14-24-25-20(15-30(24)26(31)21(22)16-34-27(28)32)13-19-12-18(10-11-23(19)29-25)9-8-17-6-4-3-5-7-17/h3-7,10-14,33H,2,15-16H2,1H3/t28-/m0/s1. The Labute approximate surface area is 195 Å². The third kappa shape index (κ3) is 2.98. The van der Waals surface area contributed by atoms with Gasteiger partial charge in [-0.25, -0.2) is 9.78 Å². The molecule has 6 heteroatoms. The van der Waals surface area contributed by atoms with Crippen molar-refractivity contribution in [3.8, 4) is 23.2 Å². The minimum Gasteiger partial charge on any atom is -0.458 e. The molecule has 0 radical (unpaired) electrons. The Morgan fingerprint density at radius 3 is 2.65 bits per heavy atom. The molecule has 0 bridgehead atoms. The normalized spacial score (nSPS) is 17.9. The van der Waals surface area contributed by atoms with E-state index in [-0.39, 0.29) is 18.6 Å². The van der Waals surface area contributed by atoms with E-state index in [2.05, 4.69) is 11.8 Å². The quantitative estimate of drug-likeness (QED) is 0.314. The molecular weight excluding hydrogens is 428 g/mol. The van der Waals surface area contributed by atoms with E-state index in [1.807, 2.05) is 54.6 Å². The average Bonchev–Trinajstić information content (AvgIpc) is 3.22. The number of aromatic nitrogens is 2. The molecule has 2 aromatic carbocycles. The number of benzene rings is 2. The molecule has 2 aliphatic heterocycles. The lowest BCUT2D eigenvalue weighted by Gasteiger charge is -2.31. The highest BCUT2D eigenvalue weighted by molar-refractivity contribution is 5.87. The molecule has 4 heterocycles. The van der Waals surface area contributed by atoms with E-state index in [1.165, 1.54) is 0 Å². The first kappa shape index (κ1) is 20.4. The SMILES string of the molecule is CC[C@@]1(O)C(=O)OCc2c1cc1n(c2=O)Cc2cc3cc(C#Cc4ccccc4)ccc3nc2-1. The molecule has 0 fully saturated rings. The van der Waals surface area contributed by atoms with Crippen LogP contribution in [-0.4, -0.2) is 20.6 Å². The first-order valence-corrected chi connectivity index (χ1v) is 11.2. The van der Waals surface area contributed by atoms with Crippen LogP contribution in [0.4, 0.5) is 0 Å². The lowest BCUT2D eigenvalue weighted by Crippen LogP contribution is -2.44. The molecule has 166 valence electrons. The molecule has 6 nitrogen and oxygen atoms in total. The molecule has 0 spiro atoms. The first-order chi connectivity index (χ1) is 16.5. The Balaban J connectivity index is 1.46.